The van der Waals surface area contributed by atoms with Crippen molar-refractivity contribution in [3.63, 3.8) is 0 Å². The van der Waals surface area contributed by atoms with Gasteiger partial charge in [0.15, 0.2) is 0 Å². The molecule has 48 valence electrons. The number of hydrogen-bond acceptors (Lipinski definition) is 1. The van der Waals surface area contributed by atoms with Crippen LogP contribution in [0.15, 0.2) is 0 Å². The third-order valence-corrected chi connectivity index (χ3v) is 2.92. The molecule has 1 nitrogen and oxygen atoms in total. The third kappa shape index (κ3) is 2.64. The normalized spacial score (nSPS) is 26.6. The Morgan fingerprint density at radius 2 is 2.25 bits per heavy atom. The van der Waals surface area contributed by atoms with Gasteiger partial charge in [-0.25, -0.2) is 0 Å². The largest absolute Gasteiger partial charge is 0.289 e. The lowest BCUT2D eigenvalue weighted by Crippen LogP contribution is -1.87. The van der Waals surface area contributed by atoms with E-state index >= 15 is 0 Å². The van der Waals surface area contributed by atoms with Crippen molar-refractivity contribution in [3.8, 4) is 0 Å². The summed E-state index contributed by atoms with van der Waals surface area (Å²) in [6.45, 7) is 4.58. The van der Waals surface area contributed by atoms with Crippen molar-refractivity contribution in [2.45, 2.75) is 20.3 Å². The van der Waals surface area contributed by atoms with Gasteiger partial charge < -0.3 is 0 Å². The van der Waals surface area contributed by atoms with Crippen molar-refractivity contribution in [2.75, 3.05) is 12.4 Å². The highest BCUT2D eigenvalue weighted by Crippen LogP contribution is 2.43. The van der Waals surface area contributed by atoms with Gasteiger partial charge in [0.25, 0.3) is 0 Å². The molecule has 0 bridgehead atoms. The van der Waals surface area contributed by atoms with Crippen LogP contribution >= 0.6 is 8.07 Å². The summed E-state index contributed by atoms with van der Waals surface area (Å²) in [5, 5.41) is 3.35. The molecule has 0 spiro atoms. The summed E-state index contributed by atoms with van der Waals surface area (Å²) in [6.07, 6.45) is 4.20. The number of nitrogens with one attached hydrogen (secondary N) is 1. The van der Waals surface area contributed by atoms with Gasteiger partial charge >= 0.3 is 0 Å². The van der Waals surface area contributed by atoms with Crippen molar-refractivity contribution in [1.82, 2.24) is 5.09 Å². The van der Waals surface area contributed by atoms with Crippen LogP contribution in [0.5, 0.6) is 0 Å². The van der Waals surface area contributed by atoms with Crippen molar-refractivity contribution < 1.29 is 0 Å². The molecule has 1 rings (SSSR count). The summed E-state index contributed by atoms with van der Waals surface area (Å²) in [5.41, 5.74) is 0. The average molecular weight is 131 g/mol. The predicted octanol–water partition coefficient (Wildman–Crippen LogP) is 1.99. The second kappa shape index (κ2) is 2.80. The topological polar surface area (TPSA) is 21.9 Å². The quantitative estimate of drug-likeness (QED) is 0.459. The molecule has 1 aliphatic heterocycles. The van der Waals surface area contributed by atoms with Crippen LogP contribution in [0.4, 0.5) is 0 Å². The van der Waals surface area contributed by atoms with Crippen LogP contribution in [0.3, 0.4) is 0 Å². The SMILES string of the molecule is CC(C)CCP1CN1. The maximum atomic E-state index is 3.35. The van der Waals surface area contributed by atoms with E-state index in [1.807, 2.05) is 0 Å². The average Bonchev–Trinajstić information content (AvgIpc) is 2.41. The van der Waals surface area contributed by atoms with Crippen molar-refractivity contribution in [1.29, 1.82) is 0 Å². The molecule has 1 saturated heterocycles. The Morgan fingerprint density at radius 1 is 1.62 bits per heavy atom. The van der Waals surface area contributed by atoms with Gasteiger partial charge in [-0.3, -0.25) is 5.09 Å². The molecule has 0 amide bonds. The van der Waals surface area contributed by atoms with E-state index in [0.717, 1.165) is 5.92 Å². The first-order valence-electron chi connectivity index (χ1n) is 3.27. The minimum absolute atomic E-state index is 0.367. The summed E-state index contributed by atoms with van der Waals surface area (Å²) in [6, 6.07) is 0. The molecule has 1 N–H and O–H groups in total. The van der Waals surface area contributed by atoms with Crippen LogP contribution < -0.4 is 5.09 Å². The summed E-state index contributed by atoms with van der Waals surface area (Å²) in [4.78, 5) is 0. The number of hydrogen-bond donors (Lipinski definition) is 1. The fourth-order valence-corrected chi connectivity index (χ4v) is 2.17. The summed E-state index contributed by atoms with van der Waals surface area (Å²) < 4.78 is 0. The summed E-state index contributed by atoms with van der Waals surface area (Å²) in [5.74, 6) is 0.903. The summed E-state index contributed by atoms with van der Waals surface area (Å²) >= 11 is 0. The van der Waals surface area contributed by atoms with Crippen LogP contribution in [-0.4, -0.2) is 12.4 Å². The first-order valence-corrected chi connectivity index (χ1v) is 4.98. The van der Waals surface area contributed by atoms with E-state index in [1.165, 1.54) is 18.9 Å². The Bertz CT molecular complexity index is 66.9. The second-order valence-electron chi connectivity index (χ2n) is 2.76. The minimum atomic E-state index is 0.367. The van der Waals surface area contributed by atoms with E-state index in [4.69, 9.17) is 0 Å². The predicted molar refractivity (Wildman–Crippen MR) is 39.2 cm³/mol. The van der Waals surface area contributed by atoms with E-state index in [9.17, 15) is 0 Å². The fraction of sp³-hybridized carbons (Fsp3) is 1.00. The van der Waals surface area contributed by atoms with Crippen molar-refractivity contribution in [3.05, 3.63) is 0 Å². The Hall–Kier alpha value is 0.390. The van der Waals surface area contributed by atoms with E-state index < -0.39 is 0 Å². The molecule has 1 aliphatic rings. The molecule has 1 unspecified atom stereocenters. The molecule has 0 aromatic rings. The molecule has 1 fully saturated rings. The van der Waals surface area contributed by atoms with Crippen molar-refractivity contribution in [2.24, 2.45) is 5.92 Å². The Kier molecular flexibility index (Phi) is 2.27. The summed E-state index contributed by atoms with van der Waals surface area (Å²) in [7, 11) is 0.367. The Labute approximate surface area is 52.7 Å². The van der Waals surface area contributed by atoms with Crippen LogP contribution in [0.1, 0.15) is 20.3 Å². The second-order valence-corrected chi connectivity index (χ2v) is 4.92. The molecule has 0 aliphatic carbocycles. The molecule has 1 heterocycles. The van der Waals surface area contributed by atoms with Gasteiger partial charge in [0.2, 0.25) is 0 Å². The Balaban J connectivity index is 1.87. The van der Waals surface area contributed by atoms with Gasteiger partial charge in [0.1, 0.15) is 0 Å². The van der Waals surface area contributed by atoms with Crippen LogP contribution in [0.25, 0.3) is 0 Å². The van der Waals surface area contributed by atoms with E-state index in [1.54, 1.807) is 0 Å². The molecule has 2 heteroatoms. The molecular formula is C6H14NP. The zero-order valence-corrected chi connectivity index (χ0v) is 6.54. The molecule has 1 atom stereocenters. The molecule has 8 heavy (non-hydrogen) atoms. The van der Waals surface area contributed by atoms with Gasteiger partial charge in [-0.05, 0) is 26.6 Å². The lowest BCUT2D eigenvalue weighted by molar-refractivity contribution is 0.631. The maximum absolute atomic E-state index is 3.35. The molecule has 0 radical (unpaired) electrons. The fourth-order valence-electron chi connectivity index (χ4n) is 0.622. The minimum Gasteiger partial charge on any atom is -0.289 e. The van der Waals surface area contributed by atoms with Gasteiger partial charge in [-0.15, -0.1) is 0 Å². The highest BCUT2D eigenvalue weighted by molar-refractivity contribution is 7.62. The van der Waals surface area contributed by atoms with Gasteiger partial charge in [0, 0.05) is 6.29 Å². The van der Waals surface area contributed by atoms with Gasteiger partial charge in [0.05, 0.1) is 0 Å². The molecule has 0 aromatic carbocycles. The number of rotatable bonds is 3. The smallest absolute Gasteiger partial charge is 0.0324 e. The lowest BCUT2D eigenvalue weighted by atomic mass is 10.2. The van der Waals surface area contributed by atoms with Crippen molar-refractivity contribution >= 4 is 8.07 Å². The monoisotopic (exact) mass is 131 g/mol. The third-order valence-electron chi connectivity index (χ3n) is 1.36. The zero-order chi connectivity index (χ0) is 5.98. The van der Waals surface area contributed by atoms with E-state index in [0.29, 0.717) is 8.07 Å². The van der Waals surface area contributed by atoms with Crippen LogP contribution in [0.2, 0.25) is 0 Å². The molecule has 0 aromatic heterocycles. The molecular weight excluding hydrogens is 117 g/mol. The highest BCUT2D eigenvalue weighted by atomic mass is 31.1. The maximum Gasteiger partial charge on any atom is 0.0324 e. The highest BCUT2D eigenvalue weighted by Gasteiger charge is 2.18. The zero-order valence-electron chi connectivity index (χ0n) is 5.65. The van der Waals surface area contributed by atoms with Gasteiger partial charge in [-0.2, -0.15) is 0 Å². The first-order chi connectivity index (χ1) is 3.79. The van der Waals surface area contributed by atoms with E-state index in [-0.39, 0.29) is 0 Å². The standard InChI is InChI=1S/C6H14NP/c1-6(2)3-4-8-5-7-8/h6-7H,3-5H2,1-2H3. The van der Waals surface area contributed by atoms with Crippen LogP contribution in [0, 0.1) is 5.92 Å². The lowest BCUT2D eigenvalue weighted by Gasteiger charge is -1.99. The molecule has 0 saturated carbocycles. The van der Waals surface area contributed by atoms with Crippen LogP contribution in [-0.2, 0) is 0 Å². The Morgan fingerprint density at radius 3 is 2.62 bits per heavy atom. The van der Waals surface area contributed by atoms with Gasteiger partial charge in [-0.1, -0.05) is 13.8 Å². The van der Waals surface area contributed by atoms with E-state index in [2.05, 4.69) is 18.9 Å². The first kappa shape index (κ1) is 6.51.